The van der Waals surface area contributed by atoms with Crippen molar-refractivity contribution in [1.29, 1.82) is 0 Å². The molecule has 0 unspecified atom stereocenters. The van der Waals surface area contributed by atoms with Crippen molar-refractivity contribution >= 4 is 16.8 Å². The molecule has 0 heterocycles. The molecular weight excluding hydrogens is 317 g/mol. The van der Waals surface area contributed by atoms with Gasteiger partial charge < -0.3 is 10.6 Å². The second kappa shape index (κ2) is 7.66. The number of rotatable bonds is 4. The lowest BCUT2D eigenvalue weighted by atomic mass is 9.86. The minimum absolute atomic E-state index is 0.0580. The van der Waals surface area contributed by atoms with E-state index in [1.54, 1.807) is 0 Å². The lowest BCUT2D eigenvalue weighted by Crippen LogP contribution is -2.45. The van der Waals surface area contributed by atoms with Gasteiger partial charge in [0.25, 0.3) is 0 Å². The van der Waals surface area contributed by atoms with Gasteiger partial charge in [-0.1, -0.05) is 0 Å². The van der Waals surface area contributed by atoms with Crippen LogP contribution in [-0.2, 0) is 10.8 Å². The molecule has 1 saturated carbocycles. The number of hydrogen-bond acceptors (Lipinski definition) is 2. The highest BCUT2D eigenvalue weighted by Crippen LogP contribution is 2.37. The van der Waals surface area contributed by atoms with Gasteiger partial charge in [0, 0.05) is 33.9 Å². The zero-order valence-corrected chi connectivity index (χ0v) is 14.1. The van der Waals surface area contributed by atoms with Crippen LogP contribution in [0.15, 0.2) is 0 Å². The summed E-state index contributed by atoms with van der Waals surface area (Å²) in [6.07, 6.45) is -3.34. The van der Waals surface area contributed by atoms with Crippen LogP contribution < -0.4 is 10.6 Å². The van der Waals surface area contributed by atoms with Gasteiger partial charge in [0.1, 0.15) is 0 Å². The Morgan fingerprint density at radius 1 is 1.14 bits per heavy atom. The van der Waals surface area contributed by atoms with Crippen LogP contribution in [0.25, 0.3) is 0 Å². The first-order valence-corrected chi connectivity index (χ1v) is 8.81. The van der Waals surface area contributed by atoms with Crippen molar-refractivity contribution in [3.63, 3.8) is 0 Å². The maximum absolute atomic E-state index is 12.5. The zero-order valence-electron chi connectivity index (χ0n) is 13.3. The van der Waals surface area contributed by atoms with Crippen molar-refractivity contribution in [3.8, 4) is 0 Å². The smallest absolute Gasteiger partial charge is 0.337 e. The van der Waals surface area contributed by atoms with Crippen LogP contribution in [0.4, 0.5) is 18.0 Å². The van der Waals surface area contributed by atoms with Gasteiger partial charge in [-0.15, -0.1) is 0 Å². The molecule has 0 bridgehead atoms. The summed E-state index contributed by atoms with van der Waals surface area (Å²) in [5.74, 6) is -0.889. The molecule has 1 fully saturated rings. The van der Waals surface area contributed by atoms with Gasteiger partial charge in [-0.2, -0.15) is 13.2 Å². The van der Waals surface area contributed by atoms with Crippen molar-refractivity contribution in [1.82, 2.24) is 10.6 Å². The second-order valence-corrected chi connectivity index (χ2v) is 8.98. The first-order chi connectivity index (χ1) is 10.00. The summed E-state index contributed by atoms with van der Waals surface area (Å²) >= 11 is 0. The summed E-state index contributed by atoms with van der Waals surface area (Å²) in [5, 5.41) is 5.30. The van der Waals surface area contributed by atoms with Crippen molar-refractivity contribution in [2.24, 2.45) is 5.92 Å². The predicted molar refractivity (Wildman–Crippen MR) is 81.1 cm³/mol. The standard InChI is InChI=1S/C14H25F3N2O2S/c1-13(2,3)22(21)9-8-18-12(20)19-11-6-4-10(5-7-11)14(15,16)17/h10-11H,4-9H2,1-3H3,(H2,18,19,20)/t10?,11?,22-/m0/s1. The SMILES string of the molecule is CC(C)(C)[S@@](=O)CCNC(=O)NC1CCC(C(F)(F)F)CC1. The molecule has 0 saturated heterocycles. The fraction of sp³-hybridized carbons (Fsp3) is 0.929. The third-order valence-corrected chi connectivity index (χ3v) is 5.72. The molecule has 0 aliphatic heterocycles. The quantitative estimate of drug-likeness (QED) is 0.825. The molecule has 0 spiro atoms. The fourth-order valence-electron chi connectivity index (χ4n) is 2.36. The van der Waals surface area contributed by atoms with Gasteiger partial charge >= 0.3 is 12.2 Å². The van der Waals surface area contributed by atoms with Crippen molar-refractivity contribution in [2.75, 3.05) is 12.3 Å². The lowest BCUT2D eigenvalue weighted by molar-refractivity contribution is -0.182. The number of hydrogen-bond donors (Lipinski definition) is 2. The molecule has 1 atom stereocenters. The summed E-state index contributed by atoms with van der Waals surface area (Å²) in [5.41, 5.74) is 0. The Bertz CT molecular complexity index is 400. The maximum atomic E-state index is 12.5. The molecule has 22 heavy (non-hydrogen) atoms. The summed E-state index contributed by atoms with van der Waals surface area (Å²) in [7, 11) is -1.04. The highest BCUT2D eigenvalue weighted by atomic mass is 32.2. The van der Waals surface area contributed by atoms with Gasteiger partial charge in [0.15, 0.2) is 0 Å². The van der Waals surface area contributed by atoms with E-state index >= 15 is 0 Å². The first kappa shape index (κ1) is 19.3. The Kier molecular flexibility index (Phi) is 6.70. The maximum Gasteiger partial charge on any atom is 0.391 e. The molecule has 130 valence electrons. The number of urea groups is 1. The summed E-state index contributed by atoms with van der Waals surface area (Å²) in [4.78, 5) is 11.7. The predicted octanol–water partition coefficient (Wildman–Crippen LogP) is 2.95. The molecule has 1 aliphatic rings. The van der Waals surface area contributed by atoms with E-state index in [1.807, 2.05) is 20.8 Å². The molecule has 1 aliphatic carbocycles. The van der Waals surface area contributed by atoms with Crippen LogP contribution in [0.3, 0.4) is 0 Å². The summed E-state index contributed by atoms with van der Waals surface area (Å²) in [6.45, 7) is 5.88. The van der Waals surface area contributed by atoms with E-state index in [1.165, 1.54) is 0 Å². The van der Waals surface area contributed by atoms with E-state index < -0.39 is 28.9 Å². The first-order valence-electron chi connectivity index (χ1n) is 7.49. The fourth-order valence-corrected chi connectivity index (χ4v) is 3.26. The minimum Gasteiger partial charge on any atom is -0.337 e. The molecule has 2 N–H and O–H groups in total. The van der Waals surface area contributed by atoms with Crippen molar-refractivity contribution in [3.05, 3.63) is 0 Å². The number of nitrogens with one attached hydrogen (secondary N) is 2. The molecule has 0 aromatic heterocycles. The molecule has 8 heteroatoms. The van der Waals surface area contributed by atoms with Crippen LogP contribution in [0.2, 0.25) is 0 Å². The van der Waals surface area contributed by atoms with E-state index in [2.05, 4.69) is 10.6 Å². The Balaban J connectivity index is 2.23. The van der Waals surface area contributed by atoms with Crippen LogP contribution in [0.1, 0.15) is 46.5 Å². The number of alkyl halides is 3. The van der Waals surface area contributed by atoms with Crippen LogP contribution in [-0.4, -0.2) is 39.5 Å². The van der Waals surface area contributed by atoms with E-state index in [0.717, 1.165) is 0 Å². The summed E-state index contributed by atoms with van der Waals surface area (Å²) < 4.78 is 49.1. The average molecular weight is 342 g/mol. The summed E-state index contributed by atoms with van der Waals surface area (Å²) in [6, 6.07) is -0.618. The van der Waals surface area contributed by atoms with Crippen LogP contribution >= 0.6 is 0 Å². The molecular formula is C14H25F3N2O2S. The Morgan fingerprint density at radius 2 is 1.68 bits per heavy atom. The lowest BCUT2D eigenvalue weighted by Gasteiger charge is -2.30. The van der Waals surface area contributed by atoms with Gasteiger partial charge in [-0.05, 0) is 46.5 Å². The van der Waals surface area contributed by atoms with Crippen LogP contribution in [0, 0.1) is 5.92 Å². The van der Waals surface area contributed by atoms with E-state index in [9.17, 15) is 22.2 Å². The Hall–Kier alpha value is -0.790. The van der Waals surface area contributed by atoms with Gasteiger partial charge in [-0.3, -0.25) is 4.21 Å². The minimum atomic E-state index is -4.13. The molecule has 0 aromatic rings. The Labute approximate surface area is 132 Å². The van der Waals surface area contributed by atoms with E-state index in [4.69, 9.17) is 0 Å². The van der Waals surface area contributed by atoms with Crippen LogP contribution in [0.5, 0.6) is 0 Å². The number of halogens is 3. The Morgan fingerprint density at radius 3 is 2.14 bits per heavy atom. The van der Waals surface area contributed by atoms with E-state index in [0.29, 0.717) is 18.6 Å². The van der Waals surface area contributed by atoms with Gasteiger partial charge in [-0.25, -0.2) is 4.79 Å². The average Bonchev–Trinajstić information content (AvgIpc) is 2.37. The van der Waals surface area contributed by atoms with Gasteiger partial charge in [0.2, 0.25) is 0 Å². The molecule has 0 radical (unpaired) electrons. The van der Waals surface area contributed by atoms with Crippen molar-refractivity contribution in [2.45, 2.75) is 63.4 Å². The molecule has 4 nitrogen and oxygen atoms in total. The molecule has 2 amide bonds. The largest absolute Gasteiger partial charge is 0.391 e. The van der Waals surface area contributed by atoms with Gasteiger partial charge in [0.05, 0.1) is 5.92 Å². The highest BCUT2D eigenvalue weighted by Gasteiger charge is 2.41. The topological polar surface area (TPSA) is 58.2 Å². The number of amides is 2. The third kappa shape index (κ3) is 6.54. The zero-order chi connectivity index (χ0) is 17.0. The van der Waals surface area contributed by atoms with Crippen molar-refractivity contribution < 1.29 is 22.2 Å². The number of carbonyl (C=O) groups excluding carboxylic acids is 1. The second-order valence-electron chi connectivity index (χ2n) is 6.65. The third-order valence-electron chi connectivity index (χ3n) is 3.78. The normalized spacial score (nSPS) is 24.6. The highest BCUT2D eigenvalue weighted by molar-refractivity contribution is 7.86. The molecule has 1 rings (SSSR count). The number of carbonyl (C=O) groups is 1. The van der Waals surface area contributed by atoms with E-state index in [-0.39, 0.29) is 30.2 Å². The molecule has 0 aromatic carbocycles. The monoisotopic (exact) mass is 342 g/mol.